The molecule has 0 fully saturated rings. The predicted octanol–water partition coefficient (Wildman–Crippen LogP) is 4.71. The topological polar surface area (TPSA) is 123 Å². The van der Waals surface area contributed by atoms with Crippen molar-refractivity contribution in [1.82, 2.24) is 0 Å². The average molecular weight is 531 g/mol. The molecule has 9 nitrogen and oxygen atoms in total. The molecule has 0 saturated heterocycles. The van der Waals surface area contributed by atoms with Gasteiger partial charge in [-0.3, -0.25) is 13.8 Å². The molecule has 3 N–H and O–H groups in total. The largest absolute Gasteiger partial charge is 0.492 e. The van der Waals surface area contributed by atoms with Gasteiger partial charge in [0.2, 0.25) is 6.23 Å². The number of phosphoric ester groups is 1. The van der Waals surface area contributed by atoms with Crippen LogP contribution in [0.5, 0.6) is 5.75 Å². The summed E-state index contributed by atoms with van der Waals surface area (Å²) < 4.78 is 27.7. The van der Waals surface area contributed by atoms with Crippen LogP contribution in [0.25, 0.3) is 0 Å². The van der Waals surface area contributed by atoms with Crippen LogP contribution in [-0.4, -0.2) is 72.2 Å². The number of hydrogen-bond donors (Lipinski definition) is 3. The van der Waals surface area contributed by atoms with Crippen LogP contribution >= 0.6 is 31.0 Å². The standard InChI is InChI=1S/C21H34Cl2NO8P/c1-24(2,3)21(27)18(15-19(25)26)32-33(28,29)31-14-9-7-5-4-6-8-13-30-17-12-10-11-16(22)20(17)23/h10-12,18,21,27H,4-9,13-15H2,1-3H3,(H-,25,26,28,29)/p+1/t18-,21?/m1/s1. The molecule has 1 aromatic rings. The number of aliphatic hydroxyl groups is 1. The minimum atomic E-state index is -4.51. The van der Waals surface area contributed by atoms with E-state index in [1.807, 2.05) is 0 Å². The lowest BCUT2D eigenvalue weighted by atomic mass is 10.1. The SMILES string of the molecule is C[N+](C)(C)C(O)[C@@H](CC(=O)O)OP(=O)(O)OCCCCCCCCOc1cccc(Cl)c1Cl. The minimum absolute atomic E-state index is 0.00951. The van der Waals surface area contributed by atoms with Crippen LogP contribution in [0.2, 0.25) is 10.0 Å². The van der Waals surface area contributed by atoms with Crippen molar-refractivity contribution in [3.05, 3.63) is 28.2 Å². The van der Waals surface area contributed by atoms with Gasteiger partial charge in [0.15, 0.2) is 6.10 Å². The fourth-order valence-electron chi connectivity index (χ4n) is 2.94. The number of quaternary nitrogens is 1. The third-order valence-electron chi connectivity index (χ3n) is 4.74. The highest BCUT2D eigenvalue weighted by molar-refractivity contribution is 7.47. The molecule has 1 aromatic carbocycles. The average Bonchev–Trinajstić information content (AvgIpc) is 2.70. The Labute approximate surface area is 205 Å². The second kappa shape index (κ2) is 14.5. The number of carboxylic acids is 1. The van der Waals surface area contributed by atoms with E-state index in [2.05, 4.69) is 0 Å². The van der Waals surface area contributed by atoms with Gasteiger partial charge in [-0.05, 0) is 25.0 Å². The number of phosphoric acid groups is 1. The third kappa shape index (κ3) is 12.4. The molecule has 0 saturated carbocycles. The second-order valence-corrected chi connectivity index (χ2v) is 10.8. The molecule has 33 heavy (non-hydrogen) atoms. The first-order valence-corrected chi connectivity index (χ1v) is 13.0. The summed E-state index contributed by atoms with van der Waals surface area (Å²) in [5.74, 6) is -0.690. The van der Waals surface area contributed by atoms with Gasteiger partial charge in [-0.15, -0.1) is 0 Å². The van der Waals surface area contributed by atoms with Crippen molar-refractivity contribution in [2.24, 2.45) is 0 Å². The normalized spacial score (nSPS) is 15.6. The molecule has 0 aliphatic heterocycles. The van der Waals surface area contributed by atoms with E-state index in [4.69, 9.17) is 42.1 Å². The van der Waals surface area contributed by atoms with Crippen molar-refractivity contribution in [3.8, 4) is 5.75 Å². The van der Waals surface area contributed by atoms with Gasteiger partial charge in [0.25, 0.3) is 0 Å². The number of benzene rings is 1. The lowest BCUT2D eigenvalue weighted by Gasteiger charge is -2.34. The van der Waals surface area contributed by atoms with Crippen LogP contribution in [0.15, 0.2) is 18.2 Å². The first-order chi connectivity index (χ1) is 15.3. The zero-order chi connectivity index (χ0) is 25.1. The molecule has 0 heterocycles. The van der Waals surface area contributed by atoms with Crippen LogP contribution < -0.4 is 4.74 Å². The van der Waals surface area contributed by atoms with Gasteiger partial charge in [0.1, 0.15) is 10.8 Å². The summed E-state index contributed by atoms with van der Waals surface area (Å²) in [6, 6.07) is 5.25. The maximum atomic E-state index is 12.2. The van der Waals surface area contributed by atoms with E-state index in [-0.39, 0.29) is 11.1 Å². The Bertz CT molecular complexity index is 790. The van der Waals surface area contributed by atoms with E-state index in [1.54, 1.807) is 39.3 Å². The highest BCUT2D eigenvalue weighted by atomic mass is 35.5. The summed E-state index contributed by atoms with van der Waals surface area (Å²) in [5.41, 5.74) is 0. The Morgan fingerprint density at radius 1 is 1.06 bits per heavy atom. The number of likely N-dealkylation sites (N-methyl/N-ethyl adjacent to an activating group) is 1. The van der Waals surface area contributed by atoms with E-state index in [0.717, 1.165) is 32.1 Å². The van der Waals surface area contributed by atoms with Crippen LogP contribution in [-0.2, 0) is 18.4 Å². The van der Waals surface area contributed by atoms with Gasteiger partial charge < -0.3 is 24.3 Å². The summed E-state index contributed by atoms with van der Waals surface area (Å²) in [4.78, 5) is 20.9. The Morgan fingerprint density at radius 2 is 1.64 bits per heavy atom. The summed E-state index contributed by atoms with van der Waals surface area (Å²) in [6.45, 7) is 0.523. The molecule has 2 unspecified atom stereocenters. The number of rotatable bonds is 17. The molecule has 190 valence electrons. The lowest BCUT2D eigenvalue weighted by molar-refractivity contribution is -0.922. The highest BCUT2D eigenvalue weighted by Crippen LogP contribution is 2.46. The Morgan fingerprint density at radius 3 is 2.21 bits per heavy atom. The van der Waals surface area contributed by atoms with Crippen molar-refractivity contribution in [2.45, 2.75) is 57.3 Å². The number of unbranched alkanes of at least 4 members (excludes halogenated alkanes) is 5. The van der Waals surface area contributed by atoms with Crippen molar-refractivity contribution >= 4 is 37.0 Å². The van der Waals surface area contributed by atoms with Gasteiger partial charge in [0, 0.05) is 0 Å². The van der Waals surface area contributed by atoms with Gasteiger partial charge >= 0.3 is 13.8 Å². The molecule has 0 aliphatic carbocycles. The van der Waals surface area contributed by atoms with Crippen molar-refractivity contribution < 1.29 is 42.7 Å². The molecule has 0 spiro atoms. The molecule has 0 radical (unpaired) electrons. The number of carbonyl (C=O) groups is 1. The molecule has 0 bridgehead atoms. The lowest BCUT2D eigenvalue weighted by Crippen LogP contribution is -2.52. The number of halogens is 2. The van der Waals surface area contributed by atoms with Gasteiger partial charge in [-0.25, -0.2) is 4.57 Å². The van der Waals surface area contributed by atoms with Crippen molar-refractivity contribution in [2.75, 3.05) is 34.4 Å². The van der Waals surface area contributed by atoms with Crippen LogP contribution in [0.1, 0.15) is 44.9 Å². The first kappa shape index (κ1) is 30.1. The Balaban J connectivity index is 2.22. The smallest absolute Gasteiger partial charge is 0.472 e. The van der Waals surface area contributed by atoms with E-state index in [0.29, 0.717) is 28.8 Å². The summed E-state index contributed by atoms with van der Waals surface area (Å²) in [6.07, 6.45) is 1.71. The number of aliphatic hydroxyl groups excluding tert-OH is 1. The molecule has 1 rings (SSSR count). The molecule has 0 aliphatic rings. The summed E-state index contributed by atoms with van der Waals surface area (Å²) in [5, 5.41) is 20.1. The second-order valence-electron chi connectivity index (χ2n) is 8.60. The molecular weight excluding hydrogens is 496 g/mol. The van der Waals surface area contributed by atoms with Crippen molar-refractivity contribution in [3.63, 3.8) is 0 Å². The Hall–Kier alpha value is -0.900. The fraction of sp³-hybridized carbons (Fsp3) is 0.667. The maximum absolute atomic E-state index is 12.2. The fourth-order valence-corrected chi connectivity index (χ4v) is 4.23. The van der Waals surface area contributed by atoms with E-state index in [1.165, 1.54) is 0 Å². The number of aliphatic carboxylic acids is 1. The van der Waals surface area contributed by atoms with E-state index >= 15 is 0 Å². The van der Waals surface area contributed by atoms with Crippen LogP contribution in [0.4, 0.5) is 0 Å². The van der Waals surface area contributed by atoms with Gasteiger partial charge in [-0.2, -0.15) is 0 Å². The summed E-state index contributed by atoms with van der Waals surface area (Å²) in [7, 11) is 0.341. The number of hydrogen-bond acceptors (Lipinski definition) is 6. The van der Waals surface area contributed by atoms with Crippen LogP contribution in [0, 0.1) is 0 Å². The zero-order valence-electron chi connectivity index (χ0n) is 19.3. The van der Waals surface area contributed by atoms with E-state index < -0.39 is 32.5 Å². The molecule has 12 heteroatoms. The monoisotopic (exact) mass is 530 g/mol. The zero-order valence-corrected chi connectivity index (χ0v) is 21.7. The molecule has 0 aromatic heterocycles. The van der Waals surface area contributed by atoms with Crippen molar-refractivity contribution in [1.29, 1.82) is 0 Å². The van der Waals surface area contributed by atoms with Crippen LogP contribution in [0.3, 0.4) is 0 Å². The van der Waals surface area contributed by atoms with Gasteiger partial charge in [-0.1, -0.05) is 55.0 Å². The van der Waals surface area contributed by atoms with E-state index in [9.17, 15) is 19.4 Å². The highest BCUT2D eigenvalue weighted by Gasteiger charge is 2.39. The number of nitrogens with zero attached hydrogens (tertiary/aromatic N) is 1. The molecule has 3 atom stereocenters. The number of carboxylic acid groups (broad SMARTS) is 1. The molecular formula is C21H35Cl2NO8P+. The third-order valence-corrected chi connectivity index (χ3v) is 6.59. The predicted molar refractivity (Wildman–Crippen MR) is 127 cm³/mol. The number of ether oxygens (including phenoxy) is 1. The first-order valence-electron chi connectivity index (χ1n) is 10.8. The molecule has 0 amide bonds. The Kier molecular flexibility index (Phi) is 13.2. The van der Waals surface area contributed by atoms with Gasteiger partial charge in [0.05, 0.1) is 45.8 Å². The quantitative estimate of drug-likeness (QED) is 0.114. The minimum Gasteiger partial charge on any atom is -0.492 e. The maximum Gasteiger partial charge on any atom is 0.472 e. The summed E-state index contributed by atoms with van der Waals surface area (Å²) >= 11 is 12.0.